The number of hydrogen-bond donors (Lipinski definition) is 2. The van der Waals surface area contributed by atoms with Crippen molar-refractivity contribution < 1.29 is 21.6 Å². The van der Waals surface area contributed by atoms with Gasteiger partial charge in [-0.15, -0.1) is 0 Å². The number of sulfonamides is 1. The summed E-state index contributed by atoms with van der Waals surface area (Å²) in [5.74, 6) is 0. The Balaban J connectivity index is 3.08. The molecule has 1 aromatic rings. The van der Waals surface area contributed by atoms with E-state index in [2.05, 4.69) is 10.0 Å². The van der Waals surface area contributed by atoms with Gasteiger partial charge in [-0.3, -0.25) is 0 Å². The van der Waals surface area contributed by atoms with Crippen LogP contribution in [-0.2, 0) is 16.2 Å². The molecular weight excluding hydrogens is 293 g/mol. The SMILES string of the molecule is CNC(C)CNS(=O)(=O)c1ccc(C)c(C(F)(F)F)c1. The molecular formula is C12H17F3N2O2S. The Morgan fingerprint density at radius 2 is 1.90 bits per heavy atom. The first-order chi connectivity index (χ1) is 9.08. The molecule has 0 aromatic heterocycles. The van der Waals surface area contributed by atoms with E-state index in [0.717, 1.165) is 12.1 Å². The van der Waals surface area contributed by atoms with Crippen LogP contribution in [0.2, 0.25) is 0 Å². The molecule has 0 amide bonds. The van der Waals surface area contributed by atoms with Gasteiger partial charge in [0.2, 0.25) is 10.0 Å². The largest absolute Gasteiger partial charge is 0.416 e. The van der Waals surface area contributed by atoms with E-state index in [-0.39, 0.29) is 18.2 Å². The minimum Gasteiger partial charge on any atom is -0.316 e. The Bertz CT molecular complexity index is 571. The number of nitrogens with one attached hydrogen (secondary N) is 2. The van der Waals surface area contributed by atoms with Crippen LogP contribution in [0, 0.1) is 6.92 Å². The van der Waals surface area contributed by atoms with Crippen molar-refractivity contribution in [1.29, 1.82) is 0 Å². The molecule has 2 N–H and O–H groups in total. The van der Waals surface area contributed by atoms with Gasteiger partial charge in [0, 0.05) is 12.6 Å². The van der Waals surface area contributed by atoms with Crippen LogP contribution in [0.5, 0.6) is 0 Å². The number of rotatable bonds is 5. The summed E-state index contributed by atoms with van der Waals surface area (Å²) in [7, 11) is -2.30. The van der Waals surface area contributed by atoms with Gasteiger partial charge in [0.15, 0.2) is 0 Å². The molecule has 0 saturated carbocycles. The van der Waals surface area contributed by atoms with Gasteiger partial charge < -0.3 is 5.32 Å². The predicted molar refractivity (Wildman–Crippen MR) is 69.9 cm³/mol. The number of halogens is 3. The minimum absolute atomic E-state index is 0.0138. The highest BCUT2D eigenvalue weighted by atomic mass is 32.2. The van der Waals surface area contributed by atoms with Crippen LogP contribution in [0.1, 0.15) is 18.1 Å². The number of hydrogen-bond acceptors (Lipinski definition) is 3. The first-order valence-corrected chi connectivity index (χ1v) is 7.41. The fourth-order valence-corrected chi connectivity index (χ4v) is 2.65. The molecule has 0 bridgehead atoms. The highest BCUT2D eigenvalue weighted by Crippen LogP contribution is 2.33. The zero-order valence-electron chi connectivity index (χ0n) is 11.4. The third-order valence-corrected chi connectivity index (χ3v) is 4.32. The van der Waals surface area contributed by atoms with Gasteiger partial charge in [0.25, 0.3) is 0 Å². The molecule has 1 aromatic carbocycles. The molecule has 0 heterocycles. The van der Waals surface area contributed by atoms with Crippen LogP contribution >= 0.6 is 0 Å². The molecule has 8 heteroatoms. The summed E-state index contributed by atoms with van der Waals surface area (Å²) < 4.78 is 64.4. The Morgan fingerprint density at radius 1 is 1.30 bits per heavy atom. The Hall–Kier alpha value is -1.12. The Kier molecular flexibility index (Phi) is 5.17. The van der Waals surface area contributed by atoms with Crippen LogP contribution in [0.4, 0.5) is 13.2 Å². The summed E-state index contributed by atoms with van der Waals surface area (Å²) in [5.41, 5.74) is -0.956. The fourth-order valence-electron chi connectivity index (χ4n) is 1.49. The molecule has 0 radical (unpaired) electrons. The van der Waals surface area contributed by atoms with E-state index in [1.807, 2.05) is 0 Å². The molecule has 1 atom stereocenters. The standard InChI is InChI=1S/C12H17F3N2O2S/c1-8-4-5-10(6-11(8)12(13,14)15)20(18,19)17-7-9(2)16-3/h4-6,9,16-17H,7H2,1-3H3. The highest BCUT2D eigenvalue weighted by Gasteiger charge is 2.33. The van der Waals surface area contributed by atoms with Gasteiger partial charge in [-0.05, 0) is 38.6 Å². The molecule has 0 spiro atoms. The number of likely N-dealkylation sites (N-methyl/N-ethyl adjacent to an activating group) is 1. The van der Waals surface area contributed by atoms with Crippen molar-refractivity contribution in [2.45, 2.75) is 31.0 Å². The first-order valence-electron chi connectivity index (χ1n) is 5.92. The van der Waals surface area contributed by atoms with Crippen molar-refractivity contribution >= 4 is 10.0 Å². The molecule has 4 nitrogen and oxygen atoms in total. The second-order valence-corrected chi connectivity index (χ2v) is 6.28. The summed E-state index contributed by atoms with van der Waals surface area (Å²) in [6, 6.07) is 2.84. The van der Waals surface area contributed by atoms with Crippen LogP contribution in [0.3, 0.4) is 0 Å². The maximum absolute atomic E-state index is 12.8. The molecule has 0 aliphatic carbocycles. The van der Waals surface area contributed by atoms with Crippen molar-refractivity contribution in [3.8, 4) is 0 Å². The predicted octanol–water partition coefficient (Wildman–Crippen LogP) is 1.90. The van der Waals surface area contributed by atoms with Crippen molar-refractivity contribution in [1.82, 2.24) is 10.0 Å². The van der Waals surface area contributed by atoms with E-state index in [1.165, 1.54) is 6.92 Å². The monoisotopic (exact) mass is 310 g/mol. The second-order valence-electron chi connectivity index (χ2n) is 4.52. The number of alkyl halides is 3. The van der Waals surface area contributed by atoms with Crippen molar-refractivity contribution in [2.24, 2.45) is 0 Å². The van der Waals surface area contributed by atoms with Crippen LogP contribution < -0.4 is 10.0 Å². The first kappa shape index (κ1) is 16.9. The minimum atomic E-state index is -4.58. The quantitative estimate of drug-likeness (QED) is 0.873. The van der Waals surface area contributed by atoms with Gasteiger partial charge in [0.1, 0.15) is 0 Å². The van der Waals surface area contributed by atoms with E-state index in [1.54, 1.807) is 14.0 Å². The lowest BCUT2D eigenvalue weighted by Crippen LogP contribution is -2.37. The van der Waals surface area contributed by atoms with Crippen molar-refractivity contribution in [2.75, 3.05) is 13.6 Å². The molecule has 0 aliphatic rings. The summed E-state index contributed by atoms with van der Waals surface area (Å²) in [6.07, 6.45) is -4.58. The van der Waals surface area contributed by atoms with E-state index in [4.69, 9.17) is 0 Å². The number of benzene rings is 1. The molecule has 0 saturated heterocycles. The fraction of sp³-hybridized carbons (Fsp3) is 0.500. The Morgan fingerprint density at radius 3 is 2.40 bits per heavy atom. The van der Waals surface area contributed by atoms with E-state index < -0.39 is 26.7 Å². The maximum Gasteiger partial charge on any atom is 0.416 e. The third-order valence-electron chi connectivity index (χ3n) is 2.90. The molecule has 1 rings (SSSR count). The summed E-state index contributed by atoms with van der Waals surface area (Å²) in [5, 5.41) is 2.83. The molecule has 20 heavy (non-hydrogen) atoms. The number of aryl methyl sites for hydroxylation is 1. The average molecular weight is 310 g/mol. The topological polar surface area (TPSA) is 58.2 Å². The molecule has 0 aliphatic heterocycles. The van der Waals surface area contributed by atoms with Gasteiger partial charge >= 0.3 is 6.18 Å². The van der Waals surface area contributed by atoms with Gasteiger partial charge in [-0.2, -0.15) is 13.2 Å². The van der Waals surface area contributed by atoms with E-state index in [0.29, 0.717) is 6.07 Å². The van der Waals surface area contributed by atoms with E-state index in [9.17, 15) is 21.6 Å². The lowest BCUT2D eigenvalue weighted by molar-refractivity contribution is -0.138. The lowest BCUT2D eigenvalue weighted by atomic mass is 10.1. The molecule has 0 fully saturated rings. The lowest BCUT2D eigenvalue weighted by Gasteiger charge is -2.14. The zero-order valence-corrected chi connectivity index (χ0v) is 12.2. The average Bonchev–Trinajstić information content (AvgIpc) is 2.34. The summed E-state index contributed by atoms with van der Waals surface area (Å²) in [4.78, 5) is -0.390. The van der Waals surface area contributed by atoms with Gasteiger partial charge in [-0.1, -0.05) is 6.07 Å². The zero-order chi connectivity index (χ0) is 15.6. The normalized spacial score (nSPS) is 14.3. The van der Waals surface area contributed by atoms with Crippen LogP contribution in [0.25, 0.3) is 0 Å². The molecule has 1 unspecified atom stereocenters. The molecule has 114 valence electrons. The van der Waals surface area contributed by atoms with Crippen LogP contribution in [-0.4, -0.2) is 28.1 Å². The second kappa shape index (κ2) is 6.11. The van der Waals surface area contributed by atoms with Crippen molar-refractivity contribution in [3.63, 3.8) is 0 Å². The smallest absolute Gasteiger partial charge is 0.316 e. The van der Waals surface area contributed by atoms with E-state index >= 15 is 0 Å². The van der Waals surface area contributed by atoms with Crippen molar-refractivity contribution in [3.05, 3.63) is 29.3 Å². The third kappa shape index (κ3) is 4.19. The van der Waals surface area contributed by atoms with Gasteiger partial charge in [-0.25, -0.2) is 13.1 Å². The van der Waals surface area contributed by atoms with Crippen LogP contribution in [0.15, 0.2) is 23.1 Å². The highest BCUT2D eigenvalue weighted by molar-refractivity contribution is 7.89. The summed E-state index contributed by atoms with van der Waals surface area (Å²) >= 11 is 0. The maximum atomic E-state index is 12.8. The Labute approximate surface area is 116 Å². The van der Waals surface area contributed by atoms with Gasteiger partial charge in [0.05, 0.1) is 10.5 Å². The summed E-state index contributed by atoms with van der Waals surface area (Å²) in [6.45, 7) is 3.13.